The van der Waals surface area contributed by atoms with E-state index in [1.807, 2.05) is 61.5 Å². The van der Waals surface area contributed by atoms with Gasteiger partial charge in [-0.2, -0.15) is 5.10 Å². The number of rotatable bonds is 7. The highest BCUT2D eigenvalue weighted by Crippen LogP contribution is 2.41. The van der Waals surface area contributed by atoms with Crippen molar-refractivity contribution in [1.29, 1.82) is 0 Å². The van der Waals surface area contributed by atoms with Gasteiger partial charge >= 0.3 is 0 Å². The van der Waals surface area contributed by atoms with Crippen molar-refractivity contribution >= 4 is 52.3 Å². The fourth-order valence-corrected chi connectivity index (χ4v) is 5.71. The number of nitrogens with zero attached hydrogens (tertiary/aromatic N) is 2. The van der Waals surface area contributed by atoms with Crippen molar-refractivity contribution in [2.45, 2.75) is 26.4 Å². The van der Waals surface area contributed by atoms with Crippen LogP contribution in [0, 0.1) is 6.92 Å². The van der Waals surface area contributed by atoms with Crippen molar-refractivity contribution in [3.8, 4) is 21.9 Å². The molecule has 0 spiro atoms. The van der Waals surface area contributed by atoms with Crippen LogP contribution in [0.4, 0.5) is 0 Å². The van der Waals surface area contributed by atoms with Crippen molar-refractivity contribution in [1.82, 2.24) is 15.1 Å². The lowest BCUT2D eigenvalue weighted by Crippen LogP contribution is -2.33. The number of ether oxygens (including phenoxy) is 1. The van der Waals surface area contributed by atoms with E-state index in [9.17, 15) is 9.59 Å². The minimum absolute atomic E-state index is 0.0409. The number of nitrogens with one attached hydrogen (secondary N) is 1. The number of carbonyl (C=O) groups is 2. The number of amides is 1. The van der Waals surface area contributed by atoms with Crippen LogP contribution in [0.15, 0.2) is 60.7 Å². The second-order valence-electron chi connectivity index (χ2n) is 8.73. The number of fused-ring (bicyclic) bond motifs is 1. The summed E-state index contributed by atoms with van der Waals surface area (Å²) in [6.45, 7) is 3.73. The van der Waals surface area contributed by atoms with E-state index in [0.29, 0.717) is 39.3 Å². The molecular weight excluding hydrogens is 529 g/mol. The molecule has 1 amide bonds. The number of ketones is 1. The van der Waals surface area contributed by atoms with Crippen LogP contribution >= 0.6 is 34.5 Å². The van der Waals surface area contributed by atoms with Crippen molar-refractivity contribution in [2.24, 2.45) is 0 Å². The quantitative estimate of drug-likeness (QED) is 0.209. The molecule has 1 aliphatic heterocycles. The summed E-state index contributed by atoms with van der Waals surface area (Å²) in [5.41, 5.74) is 4.18. The number of benzene rings is 2. The van der Waals surface area contributed by atoms with Gasteiger partial charge in [-0.05, 0) is 61.9 Å². The molecule has 1 unspecified atom stereocenters. The molecule has 188 valence electrons. The molecular formula is C28H23Cl2N3O3S. The van der Waals surface area contributed by atoms with Crippen LogP contribution < -0.4 is 10.1 Å². The lowest BCUT2D eigenvalue weighted by molar-refractivity contribution is -0.116. The number of aryl methyl sites for hydroxylation is 1. The molecule has 9 heteroatoms. The zero-order chi connectivity index (χ0) is 26.1. The SMILES string of the molecule is CC(=O)c1ccc(-c2cc(Cl)c3c(c2)CC(CNC(=O)C=Cc2c(C)nn(-c4ccccc4)c2Cl)O3)s1. The summed E-state index contributed by atoms with van der Waals surface area (Å²) in [5, 5.41) is 8.33. The van der Waals surface area contributed by atoms with E-state index in [2.05, 4.69) is 10.4 Å². The maximum absolute atomic E-state index is 12.5. The number of hydrogen-bond donors (Lipinski definition) is 1. The molecule has 0 saturated carbocycles. The van der Waals surface area contributed by atoms with E-state index in [0.717, 1.165) is 27.4 Å². The summed E-state index contributed by atoms with van der Waals surface area (Å²) in [7, 11) is 0. The van der Waals surface area contributed by atoms with E-state index in [1.54, 1.807) is 17.7 Å². The molecule has 0 fully saturated rings. The first-order valence-corrected chi connectivity index (χ1v) is 13.2. The van der Waals surface area contributed by atoms with E-state index in [4.69, 9.17) is 27.9 Å². The predicted molar refractivity (Wildman–Crippen MR) is 148 cm³/mol. The minimum Gasteiger partial charge on any atom is -0.486 e. The van der Waals surface area contributed by atoms with Crippen LogP contribution in [0.3, 0.4) is 0 Å². The standard InChI is InChI=1S/C28H23Cl2N3O3S/c1-16-22(28(30)33(32-16)20-6-4-3-5-7-20)8-11-26(35)31-15-21-13-19-12-18(14-23(29)27(19)36-21)25-10-9-24(37-25)17(2)34/h3-12,14,21H,13,15H2,1-2H3,(H,31,35). The molecule has 0 saturated heterocycles. The maximum Gasteiger partial charge on any atom is 0.244 e. The Hall–Kier alpha value is -3.39. The third-order valence-corrected chi connectivity index (χ3v) is 7.92. The van der Waals surface area contributed by atoms with Gasteiger partial charge in [0, 0.05) is 28.5 Å². The van der Waals surface area contributed by atoms with Gasteiger partial charge in [0.2, 0.25) is 5.91 Å². The molecule has 0 bridgehead atoms. The molecule has 1 N–H and O–H groups in total. The molecule has 0 radical (unpaired) electrons. The molecule has 2 aromatic carbocycles. The number of aromatic nitrogens is 2. The molecule has 3 heterocycles. The lowest BCUT2D eigenvalue weighted by atomic mass is 10.1. The predicted octanol–water partition coefficient (Wildman–Crippen LogP) is 6.55. The van der Waals surface area contributed by atoms with Gasteiger partial charge in [-0.1, -0.05) is 41.4 Å². The van der Waals surface area contributed by atoms with Crippen molar-refractivity contribution in [3.05, 3.63) is 92.5 Å². The molecule has 2 aromatic heterocycles. The normalized spacial score (nSPS) is 14.5. The van der Waals surface area contributed by atoms with Gasteiger partial charge in [-0.25, -0.2) is 4.68 Å². The molecule has 1 atom stereocenters. The molecule has 1 aliphatic rings. The summed E-state index contributed by atoms with van der Waals surface area (Å²) in [6.07, 6.45) is 3.50. The third kappa shape index (κ3) is 5.34. The Morgan fingerprint density at radius 2 is 1.97 bits per heavy atom. The molecule has 37 heavy (non-hydrogen) atoms. The summed E-state index contributed by atoms with van der Waals surface area (Å²) < 4.78 is 7.67. The van der Waals surface area contributed by atoms with E-state index < -0.39 is 0 Å². The largest absolute Gasteiger partial charge is 0.486 e. The van der Waals surface area contributed by atoms with Crippen LogP contribution in [0.1, 0.15) is 33.4 Å². The Balaban J connectivity index is 1.22. The van der Waals surface area contributed by atoms with E-state index in [1.165, 1.54) is 17.4 Å². The highest BCUT2D eigenvalue weighted by molar-refractivity contribution is 7.17. The summed E-state index contributed by atoms with van der Waals surface area (Å²) in [5.74, 6) is 0.420. The van der Waals surface area contributed by atoms with Crippen LogP contribution in [0.25, 0.3) is 22.2 Å². The van der Waals surface area contributed by atoms with Crippen LogP contribution in [0.5, 0.6) is 5.75 Å². The van der Waals surface area contributed by atoms with Gasteiger partial charge in [0.15, 0.2) is 5.78 Å². The topological polar surface area (TPSA) is 73.2 Å². The second kappa shape index (κ2) is 10.5. The number of carbonyl (C=O) groups excluding carboxylic acids is 2. The first-order valence-electron chi connectivity index (χ1n) is 11.7. The molecule has 4 aromatic rings. The van der Waals surface area contributed by atoms with Crippen LogP contribution in [-0.4, -0.2) is 34.1 Å². The number of para-hydroxylation sites is 1. The Labute approximate surface area is 228 Å². The van der Waals surface area contributed by atoms with E-state index >= 15 is 0 Å². The first kappa shape index (κ1) is 25.3. The maximum atomic E-state index is 12.5. The van der Waals surface area contributed by atoms with E-state index in [-0.39, 0.29) is 17.8 Å². The van der Waals surface area contributed by atoms with Gasteiger partial charge in [0.05, 0.1) is 27.8 Å². The first-order chi connectivity index (χ1) is 17.8. The smallest absolute Gasteiger partial charge is 0.244 e. The Morgan fingerprint density at radius 3 is 2.70 bits per heavy atom. The zero-order valence-corrected chi connectivity index (χ0v) is 22.5. The number of thiophene rings is 1. The Kier molecular flexibility index (Phi) is 7.20. The molecule has 0 aliphatic carbocycles. The van der Waals surface area contributed by atoms with Crippen molar-refractivity contribution in [2.75, 3.05) is 6.54 Å². The Bertz CT molecular complexity index is 1530. The number of Topliss-reactive ketones (excluding diaryl/α,β-unsaturated/α-hetero) is 1. The highest BCUT2D eigenvalue weighted by atomic mass is 35.5. The fraction of sp³-hybridized carbons (Fsp3) is 0.179. The highest BCUT2D eigenvalue weighted by Gasteiger charge is 2.26. The summed E-state index contributed by atoms with van der Waals surface area (Å²) >= 11 is 14.5. The fourth-order valence-electron chi connectivity index (χ4n) is 4.20. The monoisotopic (exact) mass is 551 g/mol. The zero-order valence-electron chi connectivity index (χ0n) is 20.1. The second-order valence-corrected chi connectivity index (χ2v) is 10.6. The average molecular weight is 552 g/mol. The Morgan fingerprint density at radius 1 is 1.19 bits per heavy atom. The molecule has 6 nitrogen and oxygen atoms in total. The lowest BCUT2D eigenvalue weighted by Gasteiger charge is -2.11. The van der Waals surface area contributed by atoms with Gasteiger partial charge < -0.3 is 10.1 Å². The van der Waals surface area contributed by atoms with Gasteiger partial charge in [-0.3, -0.25) is 9.59 Å². The van der Waals surface area contributed by atoms with Crippen LogP contribution in [-0.2, 0) is 11.2 Å². The van der Waals surface area contributed by atoms with Gasteiger partial charge in [-0.15, -0.1) is 11.3 Å². The van der Waals surface area contributed by atoms with Crippen LogP contribution in [0.2, 0.25) is 10.2 Å². The number of hydrogen-bond acceptors (Lipinski definition) is 5. The van der Waals surface area contributed by atoms with Gasteiger partial charge in [0.1, 0.15) is 17.0 Å². The molecule has 5 rings (SSSR count). The van der Waals surface area contributed by atoms with Crippen molar-refractivity contribution < 1.29 is 14.3 Å². The minimum atomic E-state index is -0.260. The summed E-state index contributed by atoms with van der Waals surface area (Å²) in [6, 6.07) is 17.2. The van der Waals surface area contributed by atoms with Gasteiger partial charge in [0.25, 0.3) is 0 Å². The third-order valence-electron chi connectivity index (χ3n) is 6.04. The number of halogens is 2. The average Bonchev–Trinajstić information content (AvgIpc) is 3.60. The summed E-state index contributed by atoms with van der Waals surface area (Å²) in [4.78, 5) is 25.9. The van der Waals surface area contributed by atoms with Crippen molar-refractivity contribution in [3.63, 3.8) is 0 Å².